The van der Waals surface area contributed by atoms with E-state index in [1.165, 1.54) is 12.1 Å². The molecule has 2 N–H and O–H groups in total. The second-order valence-electron chi connectivity index (χ2n) is 4.68. The maximum atomic E-state index is 12.0. The summed E-state index contributed by atoms with van der Waals surface area (Å²) in [5, 5.41) is 12.0. The Morgan fingerprint density at radius 1 is 1.45 bits per heavy atom. The quantitative estimate of drug-likeness (QED) is 0.857. The van der Waals surface area contributed by atoms with Gasteiger partial charge in [-0.1, -0.05) is 6.07 Å². The second-order valence-corrected chi connectivity index (χ2v) is 6.45. The topological polar surface area (TPSA) is 82.0 Å². The Balaban J connectivity index is 0.00000200. The highest BCUT2D eigenvalue weighted by atomic mass is 35.5. The number of hydrogen-bond donors (Lipinski definition) is 2. The lowest BCUT2D eigenvalue weighted by Crippen LogP contribution is -2.26. The van der Waals surface area contributed by atoms with Crippen LogP contribution in [-0.4, -0.2) is 28.1 Å². The first-order chi connectivity index (χ1) is 9.12. The monoisotopic (exact) mass is 315 g/mol. The Morgan fingerprint density at radius 3 is 2.90 bits per heavy atom. The molecule has 0 bridgehead atoms. The predicted molar refractivity (Wildman–Crippen MR) is 79.2 cm³/mol. The van der Waals surface area contributed by atoms with Crippen molar-refractivity contribution in [2.45, 2.75) is 17.7 Å². The lowest BCUT2D eigenvalue weighted by molar-refractivity contribution is 0.519. The van der Waals surface area contributed by atoms with E-state index in [1.807, 2.05) is 6.07 Å². The molecule has 1 fully saturated rings. The first-order valence-corrected chi connectivity index (χ1v) is 7.81. The van der Waals surface area contributed by atoms with Gasteiger partial charge in [-0.05, 0) is 50.0 Å². The third kappa shape index (κ3) is 4.46. The molecule has 0 spiro atoms. The minimum atomic E-state index is -3.51. The van der Waals surface area contributed by atoms with Crippen LogP contribution in [-0.2, 0) is 10.0 Å². The molecule has 1 atom stereocenters. The molecular formula is C13H18ClN3O2S. The molecule has 7 heteroatoms. The maximum Gasteiger partial charge on any atom is 0.240 e. The van der Waals surface area contributed by atoms with Crippen molar-refractivity contribution in [2.24, 2.45) is 5.92 Å². The minimum absolute atomic E-state index is 0. The van der Waals surface area contributed by atoms with Crippen molar-refractivity contribution in [1.29, 1.82) is 5.26 Å². The highest BCUT2D eigenvalue weighted by Gasteiger charge is 2.17. The zero-order chi connectivity index (χ0) is 13.7. The fourth-order valence-electron chi connectivity index (χ4n) is 2.17. The Labute approximate surface area is 125 Å². The van der Waals surface area contributed by atoms with Crippen LogP contribution in [0.1, 0.15) is 18.4 Å². The number of benzene rings is 1. The Hall–Kier alpha value is -1.13. The molecule has 2 rings (SSSR count). The zero-order valence-corrected chi connectivity index (χ0v) is 12.6. The van der Waals surface area contributed by atoms with Crippen LogP contribution in [0.3, 0.4) is 0 Å². The van der Waals surface area contributed by atoms with Crippen LogP contribution < -0.4 is 10.0 Å². The molecule has 0 aromatic heterocycles. The van der Waals surface area contributed by atoms with Crippen molar-refractivity contribution in [3.8, 4) is 6.07 Å². The summed E-state index contributed by atoms with van der Waals surface area (Å²) in [6.45, 7) is 2.42. The Kier molecular flexibility index (Phi) is 6.43. The van der Waals surface area contributed by atoms with Gasteiger partial charge in [0.15, 0.2) is 0 Å². The Bertz CT molecular complexity index is 578. The van der Waals surface area contributed by atoms with Gasteiger partial charge < -0.3 is 5.32 Å². The van der Waals surface area contributed by atoms with Gasteiger partial charge in [0, 0.05) is 6.54 Å². The molecule has 5 nitrogen and oxygen atoms in total. The van der Waals surface area contributed by atoms with Crippen molar-refractivity contribution in [1.82, 2.24) is 10.0 Å². The SMILES string of the molecule is Cl.N#Cc1cccc(S(=O)(=O)NCCC2CCNC2)c1. The van der Waals surface area contributed by atoms with Gasteiger partial charge in [-0.2, -0.15) is 5.26 Å². The van der Waals surface area contributed by atoms with Gasteiger partial charge in [0.25, 0.3) is 0 Å². The predicted octanol–water partition coefficient (Wildman–Crippen LogP) is 1.26. The average molecular weight is 316 g/mol. The summed E-state index contributed by atoms with van der Waals surface area (Å²) in [6.07, 6.45) is 1.94. The standard InChI is InChI=1S/C13H17N3O2S.ClH/c14-9-12-2-1-3-13(8-12)19(17,18)16-7-5-11-4-6-15-10-11;/h1-3,8,11,15-16H,4-7,10H2;1H. The van der Waals surface area contributed by atoms with E-state index in [4.69, 9.17) is 5.26 Å². The van der Waals surface area contributed by atoms with E-state index in [1.54, 1.807) is 12.1 Å². The number of nitrogens with one attached hydrogen (secondary N) is 2. The first-order valence-electron chi connectivity index (χ1n) is 6.32. The number of sulfonamides is 1. The van der Waals surface area contributed by atoms with E-state index < -0.39 is 10.0 Å². The summed E-state index contributed by atoms with van der Waals surface area (Å²) in [6, 6.07) is 7.99. The lowest BCUT2D eigenvalue weighted by atomic mass is 10.1. The molecule has 0 aliphatic carbocycles. The van der Waals surface area contributed by atoms with Crippen molar-refractivity contribution >= 4 is 22.4 Å². The zero-order valence-electron chi connectivity index (χ0n) is 11.0. The molecule has 1 aromatic rings. The van der Waals surface area contributed by atoms with E-state index in [9.17, 15) is 8.42 Å². The Morgan fingerprint density at radius 2 is 2.25 bits per heavy atom. The van der Waals surface area contributed by atoms with Gasteiger partial charge in [-0.15, -0.1) is 12.4 Å². The van der Waals surface area contributed by atoms with Crippen LogP contribution in [0.5, 0.6) is 0 Å². The number of nitriles is 1. The molecule has 1 aliphatic rings. The van der Waals surface area contributed by atoms with Gasteiger partial charge in [0.2, 0.25) is 10.0 Å². The summed E-state index contributed by atoms with van der Waals surface area (Å²) in [4.78, 5) is 0.149. The number of rotatable bonds is 5. The lowest BCUT2D eigenvalue weighted by Gasteiger charge is -2.10. The van der Waals surface area contributed by atoms with Crippen LogP contribution in [0.2, 0.25) is 0 Å². The van der Waals surface area contributed by atoms with Gasteiger partial charge >= 0.3 is 0 Å². The minimum Gasteiger partial charge on any atom is -0.316 e. The van der Waals surface area contributed by atoms with E-state index in [0.717, 1.165) is 25.9 Å². The molecule has 1 saturated heterocycles. The maximum absolute atomic E-state index is 12.0. The van der Waals surface area contributed by atoms with Gasteiger partial charge in [0.05, 0.1) is 16.5 Å². The van der Waals surface area contributed by atoms with Crippen LogP contribution in [0.15, 0.2) is 29.2 Å². The number of hydrogen-bond acceptors (Lipinski definition) is 4. The van der Waals surface area contributed by atoms with Crippen LogP contribution in [0, 0.1) is 17.2 Å². The van der Waals surface area contributed by atoms with E-state index in [-0.39, 0.29) is 17.3 Å². The molecule has 1 unspecified atom stereocenters. The summed E-state index contributed by atoms with van der Waals surface area (Å²) >= 11 is 0. The molecule has 1 aliphatic heterocycles. The van der Waals surface area contributed by atoms with Crippen molar-refractivity contribution in [2.75, 3.05) is 19.6 Å². The van der Waals surface area contributed by atoms with Crippen LogP contribution in [0.25, 0.3) is 0 Å². The fraction of sp³-hybridized carbons (Fsp3) is 0.462. The molecule has 20 heavy (non-hydrogen) atoms. The molecule has 1 heterocycles. The fourth-order valence-corrected chi connectivity index (χ4v) is 3.27. The molecule has 110 valence electrons. The van der Waals surface area contributed by atoms with Crippen molar-refractivity contribution < 1.29 is 8.42 Å². The average Bonchev–Trinajstić information content (AvgIpc) is 2.92. The molecule has 0 radical (unpaired) electrons. The normalized spacial score (nSPS) is 18.2. The largest absolute Gasteiger partial charge is 0.316 e. The highest BCUT2D eigenvalue weighted by Crippen LogP contribution is 2.13. The summed E-state index contributed by atoms with van der Waals surface area (Å²) in [5.41, 5.74) is 0.350. The van der Waals surface area contributed by atoms with Crippen LogP contribution >= 0.6 is 12.4 Å². The van der Waals surface area contributed by atoms with Crippen molar-refractivity contribution in [3.05, 3.63) is 29.8 Å². The van der Waals surface area contributed by atoms with Gasteiger partial charge in [-0.25, -0.2) is 13.1 Å². The molecule has 0 saturated carbocycles. The summed E-state index contributed by atoms with van der Waals surface area (Å²) in [7, 11) is -3.51. The van der Waals surface area contributed by atoms with E-state index in [2.05, 4.69) is 10.0 Å². The molecular weight excluding hydrogens is 298 g/mol. The molecule has 1 aromatic carbocycles. The number of nitrogens with zero attached hydrogens (tertiary/aromatic N) is 1. The van der Waals surface area contributed by atoms with Gasteiger partial charge in [0.1, 0.15) is 0 Å². The van der Waals surface area contributed by atoms with E-state index in [0.29, 0.717) is 18.0 Å². The summed E-state index contributed by atoms with van der Waals surface area (Å²) in [5.74, 6) is 0.549. The van der Waals surface area contributed by atoms with Crippen LogP contribution in [0.4, 0.5) is 0 Å². The smallest absolute Gasteiger partial charge is 0.240 e. The number of halogens is 1. The second kappa shape index (κ2) is 7.60. The van der Waals surface area contributed by atoms with Crippen molar-refractivity contribution in [3.63, 3.8) is 0 Å². The third-order valence-corrected chi connectivity index (χ3v) is 4.74. The highest BCUT2D eigenvalue weighted by molar-refractivity contribution is 7.89. The van der Waals surface area contributed by atoms with E-state index >= 15 is 0 Å². The summed E-state index contributed by atoms with van der Waals surface area (Å²) < 4.78 is 26.7. The third-order valence-electron chi connectivity index (χ3n) is 3.28. The molecule has 0 amide bonds. The first kappa shape index (κ1) is 16.9. The van der Waals surface area contributed by atoms with Gasteiger partial charge in [-0.3, -0.25) is 0 Å².